The zero-order valence-electron chi connectivity index (χ0n) is 27.8. The summed E-state index contributed by atoms with van der Waals surface area (Å²) >= 11 is 0. The van der Waals surface area contributed by atoms with Gasteiger partial charge in [0.2, 0.25) is 0 Å². The molecule has 0 amide bonds. The molecule has 0 saturated carbocycles. The normalized spacial score (nSPS) is 12.6. The van der Waals surface area contributed by atoms with Crippen LogP contribution in [0, 0.1) is 0 Å². The Labute approximate surface area is 296 Å². The minimum atomic E-state index is 0.926. The lowest BCUT2D eigenvalue weighted by Crippen LogP contribution is -2.09. The molecule has 4 nitrogen and oxygen atoms in total. The first-order valence-electron chi connectivity index (χ1n) is 17.9. The molecule has 0 atom stereocenters. The average molecular weight is 662 g/mol. The Bertz CT molecular complexity index is 3530. The highest BCUT2D eigenvalue weighted by Gasteiger charge is 2.28. The molecule has 8 aromatic carbocycles. The number of rotatable bonds is 3. The van der Waals surface area contributed by atoms with Crippen molar-refractivity contribution in [1.29, 1.82) is 0 Å². The summed E-state index contributed by atoms with van der Waals surface area (Å²) in [6.45, 7) is 0. The standard InChI is InChI=1S/C48H27N3O/c1-3-13-28(14-4-1)49(29-15-5-2-6-16-29)30-23-24-31-35-26-40-43(45-32-17-7-10-20-37(32)50(47(35)45)39(31)25-30)36-27-42-44(34-19-9-12-22-41(34)52-42)46-33-18-8-11-21-38(33)51(40)48(36)46/h1-27H. The summed E-state index contributed by atoms with van der Waals surface area (Å²) in [7, 11) is 0. The minimum Gasteiger partial charge on any atom is -0.456 e. The number of anilines is 3. The molecular formula is C48H27N3O. The largest absolute Gasteiger partial charge is 0.456 e. The SMILES string of the molecule is c1ccc(N(c2ccccc2)c2ccc3c4cc5c(c6cc7oc8ccccc8c7c7c8ccccc8n5c67)c5c6ccccc6n(c3c2)c45)cc1. The summed E-state index contributed by atoms with van der Waals surface area (Å²) in [5.41, 5.74) is 12.7. The van der Waals surface area contributed by atoms with Gasteiger partial charge in [0.25, 0.3) is 0 Å². The van der Waals surface area contributed by atoms with Crippen molar-refractivity contribution >= 4 is 115 Å². The van der Waals surface area contributed by atoms with Crippen LogP contribution in [0.3, 0.4) is 0 Å². The fraction of sp³-hybridized carbons (Fsp3) is 0. The van der Waals surface area contributed by atoms with Gasteiger partial charge >= 0.3 is 0 Å². The molecule has 0 radical (unpaired) electrons. The van der Waals surface area contributed by atoms with Crippen molar-refractivity contribution in [2.45, 2.75) is 0 Å². The number of furan rings is 1. The fourth-order valence-corrected chi connectivity index (χ4v) is 9.54. The van der Waals surface area contributed by atoms with Gasteiger partial charge in [0, 0.05) is 70.9 Å². The molecule has 5 aromatic heterocycles. The second-order valence-corrected chi connectivity index (χ2v) is 14.1. The molecule has 13 rings (SSSR count). The van der Waals surface area contributed by atoms with E-state index in [9.17, 15) is 0 Å². The van der Waals surface area contributed by atoms with E-state index in [1.807, 2.05) is 0 Å². The predicted octanol–water partition coefficient (Wildman–Crippen LogP) is 13.4. The molecule has 5 heterocycles. The quantitative estimate of drug-likeness (QED) is 0.188. The second-order valence-electron chi connectivity index (χ2n) is 14.1. The van der Waals surface area contributed by atoms with Gasteiger partial charge in [-0.1, -0.05) is 97.1 Å². The number of hydrogen-bond donors (Lipinski definition) is 0. The van der Waals surface area contributed by atoms with Gasteiger partial charge in [0.05, 0.1) is 33.1 Å². The Morgan fingerprint density at radius 3 is 1.62 bits per heavy atom. The highest BCUT2D eigenvalue weighted by atomic mass is 16.3. The van der Waals surface area contributed by atoms with Crippen LogP contribution >= 0.6 is 0 Å². The van der Waals surface area contributed by atoms with Crippen molar-refractivity contribution in [3.63, 3.8) is 0 Å². The van der Waals surface area contributed by atoms with E-state index in [-0.39, 0.29) is 0 Å². The van der Waals surface area contributed by atoms with Crippen molar-refractivity contribution in [3.8, 4) is 0 Å². The minimum absolute atomic E-state index is 0.926. The van der Waals surface area contributed by atoms with E-state index in [2.05, 4.69) is 177 Å². The Hall–Kier alpha value is -7.04. The Morgan fingerprint density at radius 1 is 0.327 bits per heavy atom. The van der Waals surface area contributed by atoms with Crippen molar-refractivity contribution < 1.29 is 4.42 Å². The number of benzene rings is 8. The Balaban J connectivity index is 1.23. The molecule has 0 aliphatic carbocycles. The smallest absolute Gasteiger partial charge is 0.136 e. The molecule has 0 saturated heterocycles. The lowest BCUT2D eigenvalue weighted by atomic mass is 9.99. The summed E-state index contributed by atoms with van der Waals surface area (Å²) in [5, 5.41) is 12.5. The van der Waals surface area contributed by atoms with Crippen LogP contribution < -0.4 is 4.90 Å². The van der Waals surface area contributed by atoms with E-state index in [0.29, 0.717) is 0 Å². The first-order valence-corrected chi connectivity index (χ1v) is 17.9. The average Bonchev–Trinajstić information content (AvgIpc) is 3.99. The predicted molar refractivity (Wildman–Crippen MR) is 218 cm³/mol. The van der Waals surface area contributed by atoms with Gasteiger partial charge in [0.1, 0.15) is 11.2 Å². The number of fused-ring (bicyclic) bond motifs is 17. The first kappa shape index (κ1) is 26.8. The van der Waals surface area contributed by atoms with E-state index in [0.717, 1.165) is 33.6 Å². The third-order valence-electron chi connectivity index (χ3n) is 11.5. The van der Waals surface area contributed by atoms with Gasteiger partial charge in [-0.3, -0.25) is 0 Å². The highest BCUT2D eigenvalue weighted by Crippen LogP contribution is 2.51. The lowest BCUT2D eigenvalue weighted by Gasteiger charge is -2.25. The summed E-state index contributed by atoms with van der Waals surface area (Å²) in [4.78, 5) is 2.35. The maximum Gasteiger partial charge on any atom is 0.136 e. The molecule has 0 bridgehead atoms. The summed E-state index contributed by atoms with van der Waals surface area (Å²) in [5.74, 6) is 0. The zero-order valence-corrected chi connectivity index (χ0v) is 27.8. The van der Waals surface area contributed by atoms with E-state index in [1.165, 1.54) is 81.6 Å². The molecular weight excluding hydrogens is 635 g/mol. The number of hydrogen-bond acceptors (Lipinski definition) is 2. The van der Waals surface area contributed by atoms with Gasteiger partial charge < -0.3 is 18.1 Å². The number of aromatic nitrogens is 2. The van der Waals surface area contributed by atoms with Crippen molar-refractivity contribution in [1.82, 2.24) is 8.80 Å². The summed E-state index contributed by atoms with van der Waals surface area (Å²) < 4.78 is 11.7. The van der Waals surface area contributed by atoms with Gasteiger partial charge in [-0.15, -0.1) is 0 Å². The maximum atomic E-state index is 6.64. The Kier molecular flexibility index (Phi) is 4.83. The van der Waals surface area contributed by atoms with Crippen molar-refractivity contribution in [2.75, 3.05) is 4.90 Å². The van der Waals surface area contributed by atoms with E-state index in [4.69, 9.17) is 4.42 Å². The Morgan fingerprint density at radius 2 is 0.904 bits per heavy atom. The molecule has 0 N–H and O–H groups in total. The summed E-state index contributed by atoms with van der Waals surface area (Å²) in [6.07, 6.45) is 0. The van der Waals surface area contributed by atoms with Gasteiger partial charge in [-0.05, 0) is 66.7 Å². The van der Waals surface area contributed by atoms with Crippen LogP contribution in [0.25, 0.3) is 98.1 Å². The van der Waals surface area contributed by atoms with Gasteiger partial charge in [0.15, 0.2) is 0 Å². The topological polar surface area (TPSA) is 25.2 Å². The van der Waals surface area contributed by atoms with E-state index in [1.54, 1.807) is 0 Å². The van der Waals surface area contributed by atoms with Crippen LogP contribution in [0.1, 0.15) is 0 Å². The molecule has 52 heavy (non-hydrogen) atoms. The number of para-hydroxylation sites is 5. The third-order valence-corrected chi connectivity index (χ3v) is 11.5. The molecule has 13 aromatic rings. The van der Waals surface area contributed by atoms with Crippen molar-refractivity contribution in [2.24, 2.45) is 0 Å². The van der Waals surface area contributed by atoms with Crippen LogP contribution in [0.2, 0.25) is 0 Å². The summed E-state index contributed by atoms with van der Waals surface area (Å²) in [6, 6.07) is 59.3. The maximum absolute atomic E-state index is 6.64. The molecule has 240 valence electrons. The van der Waals surface area contributed by atoms with Crippen LogP contribution in [0.5, 0.6) is 0 Å². The van der Waals surface area contributed by atoms with Gasteiger partial charge in [-0.2, -0.15) is 0 Å². The fourth-order valence-electron chi connectivity index (χ4n) is 9.54. The van der Waals surface area contributed by atoms with Crippen LogP contribution in [-0.4, -0.2) is 8.80 Å². The first-order chi connectivity index (χ1) is 25.8. The molecule has 0 aliphatic heterocycles. The van der Waals surface area contributed by atoms with E-state index >= 15 is 0 Å². The highest BCUT2D eigenvalue weighted by molar-refractivity contribution is 6.41. The van der Waals surface area contributed by atoms with Crippen molar-refractivity contribution in [3.05, 3.63) is 164 Å². The lowest BCUT2D eigenvalue weighted by molar-refractivity contribution is 0.669. The molecule has 0 spiro atoms. The monoisotopic (exact) mass is 661 g/mol. The van der Waals surface area contributed by atoms with Gasteiger partial charge in [-0.25, -0.2) is 0 Å². The zero-order chi connectivity index (χ0) is 33.7. The van der Waals surface area contributed by atoms with Crippen LogP contribution in [0.4, 0.5) is 17.1 Å². The third kappa shape index (κ3) is 3.15. The van der Waals surface area contributed by atoms with E-state index < -0.39 is 0 Å². The van der Waals surface area contributed by atoms with Crippen LogP contribution in [-0.2, 0) is 0 Å². The number of nitrogens with zero attached hydrogens (tertiary/aromatic N) is 3. The van der Waals surface area contributed by atoms with Crippen LogP contribution in [0.15, 0.2) is 168 Å². The molecule has 0 fully saturated rings. The molecule has 0 unspecified atom stereocenters. The molecule has 0 aliphatic rings. The molecule has 4 heteroatoms. The second kappa shape index (κ2) is 9.39.